The lowest BCUT2D eigenvalue weighted by molar-refractivity contribution is -0.149. The van der Waals surface area contributed by atoms with Crippen LogP contribution in [0.15, 0.2) is 85.7 Å². The number of nitrogens with one attached hydrogen (secondary N) is 1. The Morgan fingerprint density at radius 2 is 1.14 bits per heavy atom. The minimum Gasteiger partial charge on any atom is -0.481 e. The first-order chi connectivity index (χ1) is 30.7. The van der Waals surface area contributed by atoms with Crippen LogP contribution in [-0.4, -0.2) is 89.5 Å². The molecule has 0 aliphatic rings. The van der Waals surface area contributed by atoms with Crippen molar-refractivity contribution in [3.63, 3.8) is 0 Å². The molecule has 0 bridgehead atoms. The number of imidazole rings is 2. The van der Waals surface area contributed by atoms with E-state index in [1.54, 1.807) is 76.2 Å². The number of carboxylic acid groups (broad SMARTS) is 2. The van der Waals surface area contributed by atoms with Gasteiger partial charge in [0.2, 0.25) is 11.8 Å². The Kier molecular flexibility index (Phi) is 15.4. The molecule has 22 heteroatoms. The highest BCUT2D eigenvalue weighted by atomic mass is 28.3. The number of aliphatic carboxylic acids is 2. The second-order valence-corrected chi connectivity index (χ2v) is 23.1. The van der Waals surface area contributed by atoms with E-state index in [4.69, 9.17) is 19.3 Å². The number of aromatic amines is 1. The van der Waals surface area contributed by atoms with Crippen LogP contribution in [0.4, 0.5) is 26.3 Å². The molecule has 3 N–H and O–H groups in total. The van der Waals surface area contributed by atoms with Crippen LogP contribution in [0.2, 0.25) is 25.7 Å². The highest BCUT2D eigenvalue weighted by Crippen LogP contribution is 2.33. The molecule has 0 amide bonds. The summed E-state index contributed by atoms with van der Waals surface area (Å²) in [6.07, 6.45) is -1.48. The average Bonchev–Trinajstić information content (AvgIpc) is 3.94. The third-order valence-electron chi connectivity index (χ3n) is 9.62. The molecule has 6 aromatic heterocycles. The maximum absolute atomic E-state index is 13.3. The van der Waals surface area contributed by atoms with Gasteiger partial charge in [-0.15, -0.1) is 0 Å². The van der Waals surface area contributed by atoms with Crippen LogP contribution < -0.4 is 9.47 Å². The monoisotopic (exact) mass is 942 g/mol. The Morgan fingerprint density at radius 3 is 1.53 bits per heavy atom. The molecular weight excluding hydrogens is 895 g/mol. The van der Waals surface area contributed by atoms with E-state index in [1.807, 2.05) is 0 Å². The summed E-state index contributed by atoms with van der Waals surface area (Å²) in [7, 11) is -1.33. The zero-order chi connectivity index (χ0) is 48.7. The number of aromatic nitrogens is 8. The fourth-order valence-electron chi connectivity index (χ4n) is 5.30. The van der Waals surface area contributed by atoms with E-state index < -0.39 is 54.6 Å². The molecule has 0 saturated heterocycles. The number of pyridine rings is 4. The van der Waals surface area contributed by atoms with Crippen molar-refractivity contribution < 1.29 is 60.4 Å². The van der Waals surface area contributed by atoms with Crippen molar-refractivity contribution in [2.24, 2.45) is 10.8 Å². The van der Waals surface area contributed by atoms with Crippen molar-refractivity contribution in [2.45, 2.75) is 72.5 Å². The van der Waals surface area contributed by atoms with Gasteiger partial charge in [-0.25, -0.2) is 19.9 Å². The van der Waals surface area contributed by atoms with E-state index in [2.05, 4.69) is 54.5 Å². The molecule has 6 aromatic rings. The Labute approximate surface area is 376 Å². The molecule has 0 unspecified atom stereocenters. The Hall–Kier alpha value is -6.68. The van der Waals surface area contributed by atoms with Gasteiger partial charge in [0.25, 0.3) is 0 Å². The van der Waals surface area contributed by atoms with E-state index in [0.29, 0.717) is 40.2 Å². The molecule has 0 aliphatic carbocycles. The van der Waals surface area contributed by atoms with Gasteiger partial charge in [0.15, 0.2) is 5.69 Å². The minimum absolute atomic E-state index is 0.0370. The van der Waals surface area contributed by atoms with Gasteiger partial charge in [-0.3, -0.25) is 19.6 Å². The van der Waals surface area contributed by atoms with Crippen molar-refractivity contribution in [1.82, 2.24) is 39.5 Å². The molecule has 0 fully saturated rings. The summed E-state index contributed by atoms with van der Waals surface area (Å²) >= 11 is 0. The molecule has 0 spiro atoms. The van der Waals surface area contributed by atoms with Crippen molar-refractivity contribution >= 4 is 20.0 Å². The molecule has 6 heterocycles. The normalized spacial score (nSPS) is 12.3. The molecule has 15 nitrogen and oxygen atoms in total. The summed E-state index contributed by atoms with van der Waals surface area (Å²) in [6, 6.07) is 14.0. The highest BCUT2D eigenvalue weighted by molar-refractivity contribution is 6.76. The van der Waals surface area contributed by atoms with Crippen LogP contribution in [0.3, 0.4) is 0 Å². The van der Waals surface area contributed by atoms with Gasteiger partial charge in [0.1, 0.15) is 37.3 Å². The number of halogens is 6. The van der Waals surface area contributed by atoms with E-state index >= 15 is 0 Å². The highest BCUT2D eigenvalue weighted by Gasteiger charge is 2.36. The first-order valence-electron chi connectivity index (χ1n) is 20.1. The van der Waals surface area contributed by atoms with Crippen LogP contribution in [0, 0.1) is 10.8 Å². The Balaban J connectivity index is 0.000000255. The lowest BCUT2D eigenvalue weighted by atomic mass is 9.95. The molecule has 6 rings (SSSR count). The van der Waals surface area contributed by atoms with Crippen LogP contribution in [0.1, 0.15) is 39.1 Å². The number of rotatable bonds is 17. The van der Waals surface area contributed by atoms with Crippen LogP contribution in [0.5, 0.6) is 11.8 Å². The number of H-pyrrole nitrogens is 1. The zero-order valence-corrected chi connectivity index (χ0v) is 38.0. The Morgan fingerprint density at radius 1 is 0.652 bits per heavy atom. The van der Waals surface area contributed by atoms with E-state index in [0.717, 1.165) is 18.4 Å². The lowest BCUT2D eigenvalue weighted by Crippen LogP contribution is -2.30. The summed E-state index contributed by atoms with van der Waals surface area (Å²) < 4.78 is 95.9. The first-order valence-corrected chi connectivity index (χ1v) is 23.8. The topological polar surface area (TPSA) is 200 Å². The molecular formula is C44H48F6N8O7Si. The third kappa shape index (κ3) is 13.9. The second-order valence-electron chi connectivity index (χ2n) is 17.5. The summed E-state index contributed by atoms with van der Waals surface area (Å²) in [5.74, 6) is -1.23. The molecule has 0 aliphatic heterocycles. The number of carboxylic acids is 2. The second kappa shape index (κ2) is 20.2. The largest absolute Gasteiger partial charge is 0.481 e. The van der Waals surface area contributed by atoms with Crippen molar-refractivity contribution in [1.29, 1.82) is 0 Å². The van der Waals surface area contributed by atoms with Gasteiger partial charge in [-0.05, 0) is 70.1 Å². The van der Waals surface area contributed by atoms with Crippen LogP contribution in [-0.2, 0) is 33.4 Å². The smallest absolute Gasteiger partial charge is 0.434 e. The third-order valence-corrected chi connectivity index (χ3v) is 11.3. The molecule has 0 aromatic carbocycles. The van der Waals surface area contributed by atoms with Gasteiger partial charge < -0.3 is 34.0 Å². The molecule has 0 atom stereocenters. The summed E-state index contributed by atoms with van der Waals surface area (Å²) in [4.78, 5) is 49.0. The molecule has 0 saturated carbocycles. The number of hydrogen-bond donors (Lipinski definition) is 3. The van der Waals surface area contributed by atoms with Gasteiger partial charge in [-0.2, -0.15) is 26.3 Å². The van der Waals surface area contributed by atoms with Crippen molar-refractivity contribution in [2.75, 3.05) is 19.8 Å². The number of nitrogens with zero attached hydrogens (tertiary/aromatic N) is 7. The van der Waals surface area contributed by atoms with E-state index in [1.165, 1.54) is 29.4 Å². The fourth-order valence-corrected chi connectivity index (χ4v) is 6.06. The predicted molar refractivity (Wildman–Crippen MR) is 232 cm³/mol. The SMILES string of the molecule is CC(C)(COc1ccc(-c2ccc(-c3nc(C(F)(F)F)cn3COCC[Si](C)(C)C)cn2)cn1)C(=O)O.CC(C)(COc1ccc(-c2ccc(-c3ncc(C(F)(F)F)[nH]3)cn2)cn1)C(=O)O. The van der Waals surface area contributed by atoms with Gasteiger partial charge >= 0.3 is 24.3 Å². The van der Waals surface area contributed by atoms with Crippen molar-refractivity contribution in [3.8, 4) is 57.1 Å². The van der Waals surface area contributed by atoms with Gasteiger partial charge in [-0.1, -0.05) is 19.6 Å². The molecule has 0 radical (unpaired) electrons. The number of carbonyl (C=O) groups is 2. The van der Waals surface area contributed by atoms with Gasteiger partial charge in [0.05, 0.1) is 28.4 Å². The van der Waals surface area contributed by atoms with Gasteiger partial charge in [0, 0.05) is 80.1 Å². The lowest BCUT2D eigenvalue weighted by Gasteiger charge is -2.18. The Bertz CT molecular complexity index is 2560. The summed E-state index contributed by atoms with van der Waals surface area (Å²) in [5, 5.41) is 18.3. The molecule has 352 valence electrons. The number of hydrogen-bond acceptors (Lipinski definition) is 11. The average molecular weight is 943 g/mol. The van der Waals surface area contributed by atoms with E-state index in [9.17, 15) is 41.0 Å². The van der Waals surface area contributed by atoms with Crippen molar-refractivity contribution in [3.05, 3.63) is 97.1 Å². The fraction of sp³-hybridized carbons (Fsp3) is 0.364. The van der Waals surface area contributed by atoms with Crippen LogP contribution >= 0.6 is 0 Å². The minimum atomic E-state index is -4.58. The maximum atomic E-state index is 13.3. The molecule has 66 heavy (non-hydrogen) atoms. The maximum Gasteiger partial charge on any atom is 0.434 e. The standard InChI is InChI=1S/C25H31F3N4O4Si.C19H17F3N4O3/c1-24(2,23(33)34)15-36-21-9-7-17(12-30-21)19-8-6-18(13-29-19)22-31-20(25(26,27)28)14-32(22)16-35-10-11-37(3,4)5;1-18(2,17(27)28)10-29-15-6-4-11(7-24-15)13-5-3-12(8-23-13)16-25-9-14(26-16)19(20,21)22/h6-9,12-14H,10-11,15-16H2,1-5H3,(H,33,34);3-9H,10H2,1-2H3,(H,25,26)(H,27,28). The summed E-state index contributed by atoms with van der Waals surface area (Å²) in [5.41, 5.74) is -0.777. The quantitative estimate of drug-likeness (QED) is 0.0444. The first kappa shape index (κ1) is 50.3. The predicted octanol–water partition coefficient (Wildman–Crippen LogP) is 9.87. The number of alkyl halides is 6. The zero-order valence-electron chi connectivity index (χ0n) is 37.0. The summed E-state index contributed by atoms with van der Waals surface area (Å²) in [6.45, 7) is 13.1. The van der Waals surface area contributed by atoms with E-state index in [-0.39, 0.29) is 43.4 Å². The number of ether oxygens (including phenoxy) is 3. The van der Waals surface area contributed by atoms with Crippen LogP contribution in [0.25, 0.3) is 45.3 Å².